The summed E-state index contributed by atoms with van der Waals surface area (Å²) in [5.41, 5.74) is 0.195. The van der Waals surface area contributed by atoms with Gasteiger partial charge in [-0.25, -0.2) is 13.6 Å². The van der Waals surface area contributed by atoms with Gasteiger partial charge in [0.05, 0.1) is 12.1 Å². The molecule has 2 aliphatic heterocycles. The molecule has 1 aromatic rings. The topological polar surface area (TPSA) is 58.6 Å². The van der Waals surface area contributed by atoms with Crippen molar-refractivity contribution in [2.45, 2.75) is 13.0 Å². The minimum Gasteiger partial charge on any atom is -0.453 e. The lowest BCUT2D eigenvalue weighted by molar-refractivity contribution is -0.138. The molecule has 0 bridgehead atoms. The molecule has 0 spiro atoms. The average Bonchev–Trinajstić information content (AvgIpc) is 2.94. The molecule has 1 saturated heterocycles. The lowest BCUT2D eigenvalue weighted by atomic mass is 10.0. The van der Waals surface area contributed by atoms with Crippen LogP contribution in [0.25, 0.3) is 5.57 Å². The summed E-state index contributed by atoms with van der Waals surface area (Å²) in [6, 6.07) is 2.32. The number of ether oxygens (including phenoxy) is 1. The fraction of sp³-hybridized carbons (Fsp3) is 0.412. The number of thioether (sulfide) groups is 1. The van der Waals surface area contributed by atoms with Crippen LogP contribution in [0.2, 0.25) is 0 Å². The van der Waals surface area contributed by atoms with Crippen LogP contribution in [0.1, 0.15) is 12.5 Å². The zero-order valence-electron chi connectivity index (χ0n) is 13.7. The van der Waals surface area contributed by atoms with Crippen LogP contribution in [0, 0.1) is 11.6 Å². The third-order valence-electron chi connectivity index (χ3n) is 4.04. The normalized spacial score (nSPS) is 20.3. The van der Waals surface area contributed by atoms with E-state index in [-0.39, 0.29) is 29.3 Å². The largest absolute Gasteiger partial charge is 0.453 e. The number of nitrogens with one attached hydrogen (secondary N) is 1. The van der Waals surface area contributed by atoms with E-state index in [1.54, 1.807) is 16.7 Å². The first kappa shape index (κ1) is 17.7. The Hall–Kier alpha value is -2.09. The average molecular weight is 368 g/mol. The lowest BCUT2D eigenvalue weighted by Crippen LogP contribution is -2.33. The van der Waals surface area contributed by atoms with Gasteiger partial charge in [0.1, 0.15) is 23.4 Å². The Morgan fingerprint density at radius 1 is 1.32 bits per heavy atom. The SMILES string of the molecule is CC(=O)NC[C@H]1C=C(c2cc(F)c(N3CCSCC3)c(F)c2)C(=O)O1. The van der Waals surface area contributed by atoms with Gasteiger partial charge in [-0.3, -0.25) is 4.79 Å². The molecule has 2 heterocycles. The molecule has 134 valence electrons. The van der Waals surface area contributed by atoms with Crippen molar-refractivity contribution in [3.8, 4) is 0 Å². The number of hydrogen-bond acceptors (Lipinski definition) is 5. The highest BCUT2D eigenvalue weighted by Gasteiger charge is 2.29. The van der Waals surface area contributed by atoms with Crippen LogP contribution in [0.5, 0.6) is 0 Å². The van der Waals surface area contributed by atoms with E-state index in [0.29, 0.717) is 13.1 Å². The number of rotatable bonds is 4. The molecular formula is C17H18F2N2O3S. The van der Waals surface area contributed by atoms with Gasteiger partial charge in [-0.15, -0.1) is 0 Å². The van der Waals surface area contributed by atoms with Crippen LogP contribution in [0.3, 0.4) is 0 Å². The number of amides is 1. The summed E-state index contributed by atoms with van der Waals surface area (Å²) in [4.78, 5) is 24.6. The first-order valence-electron chi connectivity index (χ1n) is 7.95. The smallest absolute Gasteiger partial charge is 0.339 e. The van der Waals surface area contributed by atoms with Gasteiger partial charge in [-0.2, -0.15) is 11.8 Å². The first-order valence-corrected chi connectivity index (χ1v) is 9.10. The van der Waals surface area contributed by atoms with E-state index in [9.17, 15) is 18.4 Å². The van der Waals surface area contributed by atoms with Gasteiger partial charge < -0.3 is 15.0 Å². The maximum absolute atomic E-state index is 14.5. The third-order valence-corrected chi connectivity index (χ3v) is 4.98. The van der Waals surface area contributed by atoms with E-state index in [1.807, 2.05) is 0 Å². The summed E-state index contributed by atoms with van der Waals surface area (Å²) in [5, 5.41) is 2.54. The van der Waals surface area contributed by atoms with Crippen molar-refractivity contribution in [3.63, 3.8) is 0 Å². The molecule has 0 saturated carbocycles. The summed E-state index contributed by atoms with van der Waals surface area (Å²) >= 11 is 1.75. The number of nitrogens with zero attached hydrogens (tertiary/aromatic N) is 1. The van der Waals surface area contributed by atoms with Crippen LogP contribution in [-0.2, 0) is 14.3 Å². The number of carbonyl (C=O) groups excluding carboxylic acids is 2. The quantitative estimate of drug-likeness (QED) is 0.824. The van der Waals surface area contributed by atoms with Crippen LogP contribution < -0.4 is 10.2 Å². The highest BCUT2D eigenvalue weighted by molar-refractivity contribution is 7.99. The van der Waals surface area contributed by atoms with E-state index >= 15 is 0 Å². The van der Waals surface area contributed by atoms with Gasteiger partial charge in [0.25, 0.3) is 0 Å². The molecule has 25 heavy (non-hydrogen) atoms. The van der Waals surface area contributed by atoms with Crippen molar-refractivity contribution in [3.05, 3.63) is 35.4 Å². The Kier molecular flexibility index (Phi) is 5.27. The Morgan fingerprint density at radius 3 is 2.56 bits per heavy atom. The van der Waals surface area contributed by atoms with Crippen molar-refractivity contribution < 1.29 is 23.1 Å². The van der Waals surface area contributed by atoms with Crippen molar-refractivity contribution in [2.75, 3.05) is 36.0 Å². The second kappa shape index (κ2) is 7.43. The number of hydrogen-bond donors (Lipinski definition) is 1. The molecule has 0 aliphatic carbocycles. The minimum atomic E-state index is -0.694. The number of cyclic esters (lactones) is 1. The van der Waals surface area contributed by atoms with Gasteiger partial charge in [0.15, 0.2) is 0 Å². The fourth-order valence-electron chi connectivity index (χ4n) is 2.86. The molecule has 1 aromatic carbocycles. The van der Waals surface area contributed by atoms with Crippen molar-refractivity contribution in [1.82, 2.24) is 5.32 Å². The molecule has 1 fully saturated rings. The predicted molar refractivity (Wildman–Crippen MR) is 92.4 cm³/mol. The van der Waals surface area contributed by atoms with Crippen molar-refractivity contribution >= 4 is 34.9 Å². The Bertz CT molecular complexity index is 710. The van der Waals surface area contributed by atoms with E-state index in [1.165, 1.54) is 13.0 Å². The van der Waals surface area contributed by atoms with Crippen LogP contribution in [0.15, 0.2) is 18.2 Å². The van der Waals surface area contributed by atoms with Gasteiger partial charge >= 0.3 is 5.97 Å². The standard InChI is InChI=1S/C17H18F2N2O3S/c1-10(22)20-9-12-8-13(17(23)24-12)11-6-14(18)16(15(19)7-11)21-2-4-25-5-3-21/h6-8,12H,2-5,9H2,1H3,(H,20,22)/t12-/m1/s1. The van der Waals surface area contributed by atoms with Crippen LogP contribution in [-0.4, -0.2) is 49.1 Å². The summed E-state index contributed by atoms with van der Waals surface area (Å²) in [7, 11) is 0. The number of carbonyl (C=O) groups is 2. The predicted octanol–water partition coefficient (Wildman–Crippen LogP) is 1.96. The maximum Gasteiger partial charge on any atom is 0.339 e. The molecular weight excluding hydrogens is 350 g/mol. The maximum atomic E-state index is 14.5. The zero-order chi connectivity index (χ0) is 18.0. The summed E-state index contributed by atoms with van der Waals surface area (Å²) in [6.07, 6.45) is 0.834. The van der Waals surface area contributed by atoms with E-state index in [0.717, 1.165) is 23.6 Å². The molecule has 2 aliphatic rings. The van der Waals surface area contributed by atoms with E-state index in [4.69, 9.17) is 4.74 Å². The molecule has 0 radical (unpaired) electrons. The molecule has 1 atom stereocenters. The van der Waals surface area contributed by atoms with Gasteiger partial charge in [-0.05, 0) is 23.8 Å². The van der Waals surface area contributed by atoms with Crippen LogP contribution in [0.4, 0.5) is 14.5 Å². The first-order chi connectivity index (χ1) is 12.0. The Balaban J connectivity index is 1.84. The molecule has 0 unspecified atom stereocenters. The molecule has 8 heteroatoms. The molecule has 5 nitrogen and oxygen atoms in total. The minimum absolute atomic E-state index is 0.0502. The summed E-state index contributed by atoms with van der Waals surface area (Å²) in [6.45, 7) is 2.64. The van der Waals surface area contributed by atoms with E-state index in [2.05, 4.69) is 5.32 Å². The number of esters is 1. The monoisotopic (exact) mass is 368 g/mol. The zero-order valence-corrected chi connectivity index (χ0v) is 14.5. The molecule has 0 aromatic heterocycles. The second-order valence-corrected chi connectivity index (χ2v) is 7.07. The van der Waals surface area contributed by atoms with Crippen molar-refractivity contribution in [1.29, 1.82) is 0 Å². The van der Waals surface area contributed by atoms with Gasteiger partial charge in [0, 0.05) is 31.5 Å². The van der Waals surface area contributed by atoms with Crippen molar-refractivity contribution in [2.24, 2.45) is 0 Å². The van der Waals surface area contributed by atoms with Gasteiger partial charge in [0.2, 0.25) is 5.91 Å². The van der Waals surface area contributed by atoms with E-state index < -0.39 is 23.7 Å². The van der Waals surface area contributed by atoms with Crippen LogP contribution >= 0.6 is 11.8 Å². The number of halogens is 2. The number of benzene rings is 1. The second-order valence-electron chi connectivity index (χ2n) is 5.85. The fourth-order valence-corrected chi connectivity index (χ4v) is 3.76. The highest BCUT2D eigenvalue weighted by Crippen LogP contribution is 2.31. The lowest BCUT2D eigenvalue weighted by Gasteiger charge is -2.29. The highest BCUT2D eigenvalue weighted by atomic mass is 32.2. The summed E-state index contributed by atoms with van der Waals surface area (Å²) in [5.74, 6) is -0.650. The molecule has 3 rings (SSSR count). The third kappa shape index (κ3) is 3.95. The summed E-state index contributed by atoms with van der Waals surface area (Å²) < 4.78 is 34.1. The van der Waals surface area contributed by atoms with Gasteiger partial charge in [-0.1, -0.05) is 0 Å². The Morgan fingerprint density at radius 2 is 1.96 bits per heavy atom. The number of anilines is 1. The Labute approximate surface area is 148 Å². The molecule has 1 N–H and O–H groups in total. The molecule has 1 amide bonds.